The lowest BCUT2D eigenvalue weighted by Crippen LogP contribution is -2.02. The first-order valence-electron chi connectivity index (χ1n) is 4.47. The quantitative estimate of drug-likeness (QED) is 0.614. The van der Waals surface area contributed by atoms with E-state index in [9.17, 15) is 0 Å². The summed E-state index contributed by atoms with van der Waals surface area (Å²) in [6.07, 6.45) is 5.07. The summed E-state index contributed by atoms with van der Waals surface area (Å²) < 4.78 is 5.12. The fraction of sp³-hybridized carbons (Fsp3) is 0.455. The molecule has 2 rings (SSSR count). The second kappa shape index (κ2) is 3.18. The van der Waals surface area contributed by atoms with Gasteiger partial charge in [0.25, 0.3) is 0 Å². The van der Waals surface area contributed by atoms with Crippen molar-refractivity contribution in [3.8, 4) is 5.75 Å². The zero-order valence-electron chi connectivity index (χ0n) is 7.39. The Morgan fingerprint density at radius 2 is 2.00 bits per heavy atom. The second-order valence-corrected chi connectivity index (χ2v) is 3.26. The van der Waals surface area contributed by atoms with Gasteiger partial charge in [0.2, 0.25) is 0 Å². The van der Waals surface area contributed by atoms with Gasteiger partial charge in [0.1, 0.15) is 5.75 Å². The van der Waals surface area contributed by atoms with Gasteiger partial charge in [-0.3, -0.25) is 0 Å². The molecule has 0 saturated heterocycles. The van der Waals surface area contributed by atoms with Gasteiger partial charge in [0.05, 0.1) is 7.11 Å². The van der Waals surface area contributed by atoms with Gasteiger partial charge >= 0.3 is 0 Å². The van der Waals surface area contributed by atoms with Crippen LogP contribution >= 0.6 is 0 Å². The molecule has 1 aromatic rings. The van der Waals surface area contributed by atoms with Crippen molar-refractivity contribution in [2.75, 3.05) is 7.11 Å². The maximum Gasteiger partial charge on any atom is 0.127 e. The summed E-state index contributed by atoms with van der Waals surface area (Å²) in [7, 11) is 1.70. The molecule has 1 aliphatic carbocycles. The maximum atomic E-state index is 5.12. The van der Waals surface area contributed by atoms with Gasteiger partial charge in [-0.1, -0.05) is 0 Å². The lowest BCUT2D eigenvalue weighted by atomic mass is 9.92. The van der Waals surface area contributed by atoms with Crippen LogP contribution in [-0.2, 0) is 12.8 Å². The zero-order chi connectivity index (χ0) is 8.39. The van der Waals surface area contributed by atoms with Crippen LogP contribution in [0, 0.1) is 6.07 Å². The van der Waals surface area contributed by atoms with Gasteiger partial charge in [-0.05, 0) is 48.9 Å². The Bertz CT molecular complexity index is 278. The largest absolute Gasteiger partial charge is 0.496 e. The van der Waals surface area contributed by atoms with Crippen LogP contribution in [0.1, 0.15) is 24.0 Å². The van der Waals surface area contributed by atoms with Gasteiger partial charge in [-0.2, -0.15) is 0 Å². The number of ether oxygens (including phenoxy) is 1. The van der Waals surface area contributed by atoms with E-state index in [4.69, 9.17) is 4.74 Å². The number of aryl methyl sites for hydroxylation is 2. The third-order valence-electron chi connectivity index (χ3n) is 2.47. The van der Waals surface area contributed by atoms with Crippen molar-refractivity contribution in [1.29, 1.82) is 0 Å². The minimum absolute atomic E-state index is 0.871. The minimum atomic E-state index is 0.871. The molecule has 0 saturated carbocycles. The van der Waals surface area contributed by atoms with Crippen LogP contribution in [0.2, 0.25) is 0 Å². The average Bonchev–Trinajstić information content (AvgIpc) is 2.17. The highest BCUT2D eigenvalue weighted by molar-refractivity contribution is 5.36. The molecule has 0 N–H and O–H groups in total. The molecule has 63 valence electrons. The van der Waals surface area contributed by atoms with Crippen LogP contribution in [-0.4, -0.2) is 7.11 Å². The van der Waals surface area contributed by atoms with Crippen molar-refractivity contribution in [1.82, 2.24) is 0 Å². The Hall–Kier alpha value is -0.980. The van der Waals surface area contributed by atoms with E-state index in [1.165, 1.54) is 36.8 Å². The van der Waals surface area contributed by atoms with E-state index in [0.29, 0.717) is 0 Å². The molecule has 0 fully saturated rings. The SMILES string of the molecule is COc1[c]cc2c(c1)CCCC2. The summed E-state index contributed by atoms with van der Waals surface area (Å²) in [5, 5.41) is 0. The first kappa shape index (κ1) is 7.66. The van der Waals surface area contributed by atoms with E-state index in [2.05, 4.69) is 18.2 Å². The third kappa shape index (κ3) is 1.31. The van der Waals surface area contributed by atoms with Crippen LogP contribution in [0.5, 0.6) is 5.75 Å². The van der Waals surface area contributed by atoms with E-state index in [0.717, 1.165) is 5.75 Å². The van der Waals surface area contributed by atoms with Gasteiger partial charge in [-0.25, -0.2) is 0 Å². The molecule has 12 heavy (non-hydrogen) atoms. The molecule has 0 aromatic heterocycles. The number of hydrogen-bond donors (Lipinski definition) is 0. The fourth-order valence-electron chi connectivity index (χ4n) is 1.76. The van der Waals surface area contributed by atoms with Crippen molar-refractivity contribution in [2.24, 2.45) is 0 Å². The van der Waals surface area contributed by atoms with Crippen LogP contribution in [0.15, 0.2) is 12.1 Å². The molecule has 1 heteroatoms. The van der Waals surface area contributed by atoms with E-state index >= 15 is 0 Å². The molecule has 0 atom stereocenters. The summed E-state index contributed by atoms with van der Waals surface area (Å²) >= 11 is 0. The van der Waals surface area contributed by atoms with Crippen molar-refractivity contribution >= 4 is 0 Å². The van der Waals surface area contributed by atoms with Gasteiger partial charge in [0, 0.05) is 6.07 Å². The molecular formula is C11H13O. The Balaban J connectivity index is 2.36. The molecule has 0 spiro atoms. The number of hydrogen-bond acceptors (Lipinski definition) is 1. The van der Waals surface area contributed by atoms with Crippen molar-refractivity contribution < 1.29 is 4.74 Å². The van der Waals surface area contributed by atoms with Crippen LogP contribution in [0.4, 0.5) is 0 Å². The highest BCUT2D eigenvalue weighted by Crippen LogP contribution is 2.24. The van der Waals surface area contributed by atoms with Crippen molar-refractivity contribution in [3.05, 3.63) is 29.3 Å². The number of benzene rings is 1. The van der Waals surface area contributed by atoms with E-state index < -0.39 is 0 Å². The van der Waals surface area contributed by atoms with Crippen molar-refractivity contribution in [3.63, 3.8) is 0 Å². The van der Waals surface area contributed by atoms with Crippen LogP contribution in [0.3, 0.4) is 0 Å². The molecule has 0 unspecified atom stereocenters. The van der Waals surface area contributed by atoms with E-state index in [1.807, 2.05) is 0 Å². The summed E-state index contributed by atoms with van der Waals surface area (Å²) in [4.78, 5) is 0. The molecule has 0 aliphatic heterocycles. The normalized spacial score (nSPS) is 15.4. The first-order chi connectivity index (χ1) is 5.90. The molecular weight excluding hydrogens is 148 g/mol. The summed E-state index contributed by atoms with van der Waals surface area (Å²) in [6, 6.07) is 7.32. The van der Waals surface area contributed by atoms with Crippen LogP contribution in [0.25, 0.3) is 0 Å². The Kier molecular flexibility index (Phi) is 2.03. The topological polar surface area (TPSA) is 9.23 Å². The number of methoxy groups -OCH3 is 1. The van der Waals surface area contributed by atoms with Crippen LogP contribution < -0.4 is 4.74 Å². The predicted octanol–water partition coefficient (Wildman–Crippen LogP) is 2.37. The Labute approximate surface area is 73.4 Å². The highest BCUT2D eigenvalue weighted by Gasteiger charge is 2.09. The predicted molar refractivity (Wildman–Crippen MR) is 48.5 cm³/mol. The minimum Gasteiger partial charge on any atom is -0.496 e. The molecule has 1 nitrogen and oxygen atoms in total. The van der Waals surface area contributed by atoms with Gasteiger partial charge in [-0.15, -0.1) is 0 Å². The number of rotatable bonds is 1. The van der Waals surface area contributed by atoms with Gasteiger partial charge in [0.15, 0.2) is 0 Å². The molecule has 1 aromatic carbocycles. The summed E-state index contributed by atoms with van der Waals surface area (Å²) in [5.74, 6) is 0.871. The van der Waals surface area contributed by atoms with E-state index in [1.54, 1.807) is 7.11 Å². The second-order valence-electron chi connectivity index (χ2n) is 3.26. The monoisotopic (exact) mass is 161 g/mol. The smallest absolute Gasteiger partial charge is 0.127 e. The lowest BCUT2D eigenvalue weighted by molar-refractivity contribution is 0.412. The maximum absolute atomic E-state index is 5.12. The highest BCUT2D eigenvalue weighted by atomic mass is 16.5. The third-order valence-corrected chi connectivity index (χ3v) is 2.47. The molecule has 0 heterocycles. The molecule has 0 amide bonds. The van der Waals surface area contributed by atoms with E-state index in [-0.39, 0.29) is 0 Å². The first-order valence-corrected chi connectivity index (χ1v) is 4.47. The standard InChI is InChI=1S/C11H13O/c1-12-11-7-6-9-4-2-3-5-10(9)8-11/h6,8H,2-5H2,1H3. The summed E-state index contributed by atoms with van der Waals surface area (Å²) in [6.45, 7) is 0. The molecule has 1 radical (unpaired) electrons. The molecule has 1 aliphatic rings. The number of fused-ring (bicyclic) bond motifs is 1. The molecule has 0 bridgehead atoms. The van der Waals surface area contributed by atoms with Crippen molar-refractivity contribution in [2.45, 2.75) is 25.7 Å². The average molecular weight is 161 g/mol. The Morgan fingerprint density at radius 1 is 1.25 bits per heavy atom. The zero-order valence-corrected chi connectivity index (χ0v) is 7.39. The summed E-state index contributed by atoms with van der Waals surface area (Å²) in [5.41, 5.74) is 2.92. The van der Waals surface area contributed by atoms with Gasteiger partial charge < -0.3 is 4.74 Å². The lowest BCUT2D eigenvalue weighted by Gasteiger charge is -2.15. The fourth-order valence-corrected chi connectivity index (χ4v) is 1.76. The Morgan fingerprint density at radius 3 is 2.75 bits per heavy atom.